The maximum Gasteiger partial charge on any atom is 0.0650 e. The SMILES string of the molecule is CC[C@H]1C(CC(C)[C@@H]2CCCC2(C)O)CCC1(C)O. The minimum atomic E-state index is -0.461. The Morgan fingerprint density at radius 3 is 2.32 bits per heavy atom. The van der Waals surface area contributed by atoms with Crippen molar-refractivity contribution < 1.29 is 10.2 Å². The van der Waals surface area contributed by atoms with E-state index >= 15 is 0 Å². The minimum Gasteiger partial charge on any atom is -0.390 e. The van der Waals surface area contributed by atoms with Crippen molar-refractivity contribution in [1.29, 1.82) is 0 Å². The fraction of sp³-hybridized carbons (Fsp3) is 1.00. The minimum absolute atomic E-state index is 0.446. The topological polar surface area (TPSA) is 40.5 Å². The molecule has 0 spiro atoms. The van der Waals surface area contributed by atoms with E-state index in [1.807, 2.05) is 13.8 Å². The second kappa shape index (κ2) is 5.37. The molecule has 0 aliphatic heterocycles. The third-order valence-electron chi connectivity index (χ3n) is 6.19. The number of hydrogen-bond donors (Lipinski definition) is 2. The lowest BCUT2D eigenvalue weighted by Gasteiger charge is -2.35. The molecule has 2 nitrogen and oxygen atoms in total. The monoisotopic (exact) mass is 268 g/mol. The van der Waals surface area contributed by atoms with Gasteiger partial charge in [0.15, 0.2) is 0 Å². The maximum atomic E-state index is 10.5. The normalized spacial score (nSPS) is 48.6. The van der Waals surface area contributed by atoms with Crippen LogP contribution in [0.15, 0.2) is 0 Å². The fourth-order valence-corrected chi connectivity index (χ4v) is 5.14. The highest BCUT2D eigenvalue weighted by Crippen LogP contribution is 2.48. The maximum absolute atomic E-state index is 10.5. The van der Waals surface area contributed by atoms with E-state index in [0.29, 0.717) is 23.7 Å². The summed E-state index contributed by atoms with van der Waals surface area (Å²) in [4.78, 5) is 0. The molecule has 0 aromatic carbocycles. The van der Waals surface area contributed by atoms with E-state index in [1.54, 1.807) is 0 Å². The van der Waals surface area contributed by atoms with E-state index in [-0.39, 0.29) is 0 Å². The lowest BCUT2D eigenvalue weighted by Crippen LogP contribution is -2.36. The van der Waals surface area contributed by atoms with Crippen LogP contribution in [0.25, 0.3) is 0 Å². The van der Waals surface area contributed by atoms with Gasteiger partial charge in [0.05, 0.1) is 11.2 Å². The highest BCUT2D eigenvalue weighted by molar-refractivity contribution is 4.96. The summed E-state index contributed by atoms with van der Waals surface area (Å²) in [6.07, 6.45) is 7.66. The van der Waals surface area contributed by atoms with Crippen LogP contribution in [0.3, 0.4) is 0 Å². The van der Waals surface area contributed by atoms with Gasteiger partial charge in [-0.3, -0.25) is 0 Å². The average molecular weight is 268 g/mol. The van der Waals surface area contributed by atoms with Crippen LogP contribution >= 0.6 is 0 Å². The van der Waals surface area contributed by atoms with Crippen LogP contribution in [0, 0.1) is 23.7 Å². The molecule has 4 unspecified atom stereocenters. The number of aliphatic hydroxyl groups is 2. The second-order valence-corrected chi connectivity index (χ2v) is 7.74. The summed E-state index contributed by atoms with van der Waals surface area (Å²) in [7, 11) is 0. The van der Waals surface area contributed by atoms with Crippen molar-refractivity contribution in [1.82, 2.24) is 0 Å². The zero-order valence-corrected chi connectivity index (χ0v) is 13.2. The zero-order valence-electron chi connectivity index (χ0n) is 13.2. The molecule has 112 valence electrons. The van der Waals surface area contributed by atoms with E-state index in [0.717, 1.165) is 25.7 Å². The van der Waals surface area contributed by atoms with Gasteiger partial charge in [0.25, 0.3) is 0 Å². The Morgan fingerprint density at radius 1 is 1.11 bits per heavy atom. The molecule has 0 bridgehead atoms. The van der Waals surface area contributed by atoms with Crippen molar-refractivity contribution in [3.8, 4) is 0 Å². The average Bonchev–Trinajstić information content (AvgIpc) is 2.78. The zero-order chi connectivity index (χ0) is 14.3. The van der Waals surface area contributed by atoms with Gasteiger partial charge in [-0.05, 0) is 69.6 Å². The van der Waals surface area contributed by atoms with Crippen LogP contribution in [0.4, 0.5) is 0 Å². The third kappa shape index (κ3) is 3.00. The van der Waals surface area contributed by atoms with Crippen molar-refractivity contribution >= 4 is 0 Å². The van der Waals surface area contributed by atoms with E-state index < -0.39 is 11.2 Å². The number of hydrogen-bond acceptors (Lipinski definition) is 2. The van der Waals surface area contributed by atoms with E-state index in [9.17, 15) is 10.2 Å². The summed E-state index contributed by atoms with van der Waals surface area (Å²) >= 11 is 0. The molecule has 2 aliphatic rings. The van der Waals surface area contributed by atoms with E-state index in [2.05, 4.69) is 13.8 Å². The van der Waals surface area contributed by atoms with Crippen LogP contribution in [0.1, 0.15) is 72.6 Å². The van der Waals surface area contributed by atoms with Gasteiger partial charge in [0, 0.05) is 0 Å². The van der Waals surface area contributed by atoms with Gasteiger partial charge < -0.3 is 10.2 Å². The smallest absolute Gasteiger partial charge is 0.0650 e. The molecule has 2 fully saturated rings. The second-order valence-electron chi connectivity index (χ2n) is 7.74. The largest absolute Gasteiger partial charge is 0.390 e. The quantitative estimate of drug-likeness (QED) is 0.815. The summed E-state index contributed by atoms with van der Waals surface area (Å²) in [6.45, 7) is 8.54. The van der Waals surface area contributed by atoms with Crippen LogP contribution in [-0.4, -0.2) is 21.4 Å². The Balaban J connectivity index is 1.98. The Morgan fingerprint density at radius 2 is 1.79 bits per heavy atom. The van der Waals surface area contributed by atoms with Crippen molar-refractivity contribution in [3.63, 3.8) is 0 Å². The summed E-state index contributed by atoms with van der Waals surface area (Å²) in [5, 5.41) is 20.9. The van der Waals surface area contributed by atoms with Crippen LogP contribution < -0.4 is 0 Å². The van der Waals surface area contributed by atoms with Crippen LogP contribution in [-0.2, 0) is 0 Å². The van der Waals surface area contributed by atoms with Crippen molar-refractivity contribution in [2.24, 2.45) is 23.7 Å². The van der Waals surface area contributed by atoms with E-state index in [4.69, 9.17) is 0 Å². The molecule has 0 aromatic heterocycles. The van der Waals surface area contributed by atoms with Gasteiger partial charge in [-0.1, -0.05) is 26.7 Å². The van der Waals surface area contributed by atoms with E-state index in [1.165, 1.54) is 19.3 Å². The first-order valence-corrected chi connectivity index (χ1v) is 8.22. The molecule has 0 radical (unpaired) electrons. The Bertz CT molecular complexity index is 308. The molecule has 2 rings (SSSR count). The van der Waals surface area contributed by atoms with Gasteiger partial charge in [-0.2, -0.15) is 0 Å². The first kappa shape index (κ1) is 15.3. The molecule has 2 heteroatoms. The van der Waals surface area contributed by atoms with Crippen molar-refractivity contribution in [3.05, 3.63) is 0 Å². The molecule has 2 aliphatic carbocycles. The molecule has 2 saturated carbocycles. The van der Waals surface area contributed by atoms with Gasteiger partial charge in [0.1, 0.15) is 0 Å². The number of rotatable bonds is 4. The lowest BCUT2D eigenvalue weighted by atomic mass is 9.74. The van der Waals surface area contributed by atoms with Gasteiger partial charge in [-0.15, -0.1) is 0 Å². The van der Waals surface area contributed by atoms with Gasteiger partial charge in [-0.25, -0.2) is 0 Å². The van der Waals surface area contributed by atoms with Crippen molar-refractivity contribution in [2.75, 3.05) is 0 Å². The molecule has 0 saturated heterocycles. The Labute approximate surface area is 118 Å². The van der Waals surface area contributed by atoms with Gasteiger partial charge >= 0.3 is 0 Å². The summed E-state index contributed by atoms with van der Waals surface area (Å²) < 4.78 is 0. The molecular formula is C17H32O2. The first-order valence-electron chi connectivity index (χ1n) is 8.22. The predicted octanol–water partition coefficient (Wildman–Crippen LogP) is 3.75. The molecule has 0 aromatic rings. The molecule has 19 heavy (non-hydrogen) atoms. The van der Waals surface area contributed by atoms with Crippen LogP contribution in [0.5, 0.6) is 0 Å². The standard InChI is InChI=1S/C17H32O2/c1-5-14-13(8-10-17(14,4)19)11-12(2)15-7-6-9-16(15,3)18/h12-15,18-19H,5-11H2,1-4H3/t12?,13?,14-,15-,16?,17?/m0/s1. The third-order valence-corrected chi connectivity index (χ3v) is 6.19. The molecule has 0 amide bonds. The summed E-state index contributed by atoms with van der Waals surface area (Å²) in [6, 6.07) is 0. The lowest BCUT2D eigenvalue weighted by molar-refractivity contribution is -0.0152. The van der Waals surface area contributed by atoms with Gasteiger partial charge in [0.2, 0.25) is 0 Å². The summed E-state index contributed by atoms with van der Waals surface area (Å²) in [5.41, 5.74) is -0.917. The molecule has 0 heterocycles. The molecule has 6 atom stereocenters. The van der Waals surface area contributed by atoms with Crippen LogP contribution in [0.2, 0.25) is 0 Å². The Hall–Kier alpha value is -0.0800. The van der Waals surface area contributed by atoms with Crippen molar-refractivity contribution in [2.45, 2.75) is 83.8 Å². The Kier molecular flexibility index (Phi) is 4.32. The highest BCUT2D eigenvalue weighted by Gasteiger charge is 2.45. The molecular weight excluding hydrogens is 236 g/mol. The predicted molar refractivity (Wildman–Crippen MR) is 78.9 cm³/mol. The fourth-order valence-electron chi connectivity index (χ4n) is 5.14. The molecule has 2 N–H and O–H groups in total. The first-order chi connectivity index (χ1) is 8.78. The highest BCUT2D eigenvalue weighted by atomic mass is 16.3. The summed E-state index contributed by atoms with van der Waals surface area (Å²) in [5.74, 6) is 2.12.